The number of pyridine rings is 1. The number of benzene rings is 1. The van der Waals surface area contributed by atoms with Crippen LogP contribution in [0.25, 0.3) is 11.4 Å². The van der Waals surface area contributed by atoms with E-state index in [-0.39, 0.29) is 11.8 Å². The first-order chi connectivity index (χ1) is 15.6. The van der Waals surface area contributed by atoms with E-state index in [0.29, 0.717) is 41.1 Å². The number of likely N-dealkylation sites (tertiary alicyclic amines) is 1. The second-order valence-corrected chi connectivity index (χ2v) is 8.95. The van der Waals surface area contributed by atoms with Gasteiger partial charge in [0.15, 0.2) is 11.0 Å². The maximum absolute atomic E-state index is 13.3. The van der Waals surface area contributed by atoms with E-state index >= 15 is 0 Å². The minimum Gasteiger partial charge on any atom is -0.298 e. The van der Waals surface area contributed by atoms with Gasteiger partial charge in [-0.15, -0.1) is 16.8 Å². The van der Waals surface area contributed by atoms with Crippen LogP contribution in [0.2, 0.25) is 5.02 Å². The molecule has 164 valence electrons. The predicted octanol–water partition coefficient (Wildman–Crippen LogP) is 4.49. The molecule has 0 spiro atoms. The molecule has 0 saturated carbocycles. The second-order valence-electron chi connectivity index (χ2n) is 7.35. The van der Waals surface area contributed by atoms with E-state index in [1.54, 1.807) is 42.7 Å². The van der Waals surface area contributed by atoms with Gasteiger partial charge < -0.3 is 0 Å². The van der Waals surface area contributed by atoms with Gasteiger partial charge in [0.1, 0.15) is 0 Å². The molecule has 1 aromatic carbocycles. The zero-order chi connectivity index (χ0) is 22.5. The van der Waals surface area contributed by atoms with Gasteiger partial charge in [-0.2, -0.15) is 0 Å². The van der Waals surface area contributed by atoms with Crippen LogP contribution in [-0.2, 0) is 11.3 Å². The number of hydrogen-bond acceptors (Lipinski definition) is 6. The van der Waals surface area contributed by atoms with Crippen molar-refractivity contribution in [2.75, 3.05) is 6.54 Å². The fraction of sp³-hybridized carbons (Fsp3) is 0.261. The molecule has 0 radical (unpaired) electrons. The molecule has 1 unspecified atom stereocenters. The number of allylic oxidation sites excluding steroid dienone is 1. The SMILES string of the molecule is C=CCn1c(SC2CCCCN(C(=O)c3ccc(Cl)cc3)C2=O)nnc1-c1ccncc1. The third-order valence-electron chi connectivity index (χ3n) is 5.19. The van der Waals surface area contributed by atoms with Gasteiger partial charge in [-0.05, 0) is 49.2 Å². The Morgan fingerprint density at radius 2 is 1.91 bits per heavy atom. The summed E-state index contributed by atoms with van der Waals surface area (Å²) in [5, 5.41) is 9.43. The summed E-state index contributed by atoms with van der Waals surface area (Å²) in [6, 6.07) is 10.3. The Morgan fingerprint density at radius 3 is 2.62 bits per heavy atom. The number of amides is 2. The number of carbonyl (C=O) groups excluding carboxylic acids is 2. The highest BCUT2D eigenvalue weighted by Crippen LogP contribution is 2.32. The van der Waals surface area contributed by atoms with Crippen molar-refractivity contribution in [3.63, 3.8) is 0 Å². The molecule has 2 aromatic heterocycles. The third-order valence-corrected chi connectivity index (χ3v) is 6.68. The van der Waals surface area contributed by atoms with Gasteiger partial charge in [0.05, 0.1) is 5.25 Å². The summed E-state index contributed by atoms with van der Waals surface area (Å²) in [7, 11) is 0. The van der Waals surface area contributed by atoms with E-state index in [0.717, 1.165) is 18.4 Å². The number of rotatable bonds is 6. The van der Waals surface area contributed by atoms with E-state index in [1.165, 1.54) is 16.7 Å². The molecule has 0 aliphatic carbocycles. The van der Waals surface area contributed by atoms with Crippen molar-refractivity contribution >= 4 is 35.2 Å². The van der Waals surface area contributed by atoms with Crippen molar-refractivity contribution in [2.24, 2.45) is 0 Å². The van der Waals surface area contributed by atoms with E-state index in [9.17, 15) is 9.59 Å². The molecular weight excluding hydrogens is 446 g/mol. The number of nitrogens with zero attached hydrogens (tertiary/aromatic N) is 5. The molecule has 1 aliphatic rings. The lowest BCUT2D eigenvalue weighted by atomic mass is 10.2. The summed E-state index contributed by atoms with van der Waals surface area (Å²) in [6.07, 6.45) is 7.45. The van der Waals surface area contributed by atoms with Crippen LogP contribution in [0.3, 0.4) is 0 Å². The molecule has 1 fully saturated rings. The zero-order valence-electron chi connectivity index (χ0n) is 17.4. The summed E-state index contributed by atoms with van der Waals surface area (Å²) < 4.78 is 1.93. The Hall–Kier alpha value is -2.97. The lowest BCUT2D eigenvalue weighted by Crippen LogP contribution is -2.41. The maximum atomic E-state index is 13.3. The summed E-state index contributed by atoms with van der Waals surface area (Å²) in [4.78, 5) is 31.8. The average molecular weight is 468 g/mol. The van der Waals surface area contributed by atoms with Crippen molar-refractivity contribution in [3.05, 3.63) is 72.0 Å². The monoisotopic (exact) mass is 467 g/mol. The number of aromatic nitrogens is 4. The zero-order valence-corrected chi connectivity index (χ0v) is 18.9. The molecule has 4 rings (SSSR count). The minimum absolute atomic E-state index is 0.203. The van der Waals surface area contributed by atoms with Crippen LogP contribution in [0.1, 0.15) is 29.6 Å². The van der Waals surface area contributed by atoms with Gasteiger partial charge >= 0.3 is 0 Å². The number of thioether (sulfide) groups is 1. The second kappa shape index (κ2) is 10.1. The van der Waals surface area contributed by atoms with Crippen LogP contribution < -0.4 is 0 Å². The van der Waals surface area contributed by atoms with Crippen LogP contribution in [-0.4, -0.2) is 48.3 Å². The molecule has 3 heterocycles. The van der Waals surface area contributed by atoms with Gasteiger partial charge in [0.2, 0.25) is 5.91 Å². The fourth-order valence-electron chi connectivity index (χ4n) is 3.58. The highest BCUT2D eigenvalue weighted by Gasteiger charge is 2.33. The first-order valence-corrected chi connectivity index (χ1v) is 11.6. The lowest BCUT2D eigenvalue weighted by molar-refractivity contribution is -0.127. The summed E-state index contributed by atoms with van der Waals surface area (Å²) in [5.74, 6) is 0.181. The Kier molecular flexibility index (Phi) is 7.02. The smallest absolute Gasteiger partial charge is 0.260 e. The van der Waals surface area contributed by atoms with Crippen LogP contribution in [0, 0.1) is 0 Å². The van der Waals surface area contributed by atoms with Gasteiger partial charge in [-0.3, -0.25) is 24.0 Å². The van der Waals surface area contributed by atoms with Crippen LogP contribution >= 0.6 is 23.4 Å². The normalized spacial score (nSPS) is 16.6. The summed E-state index contributed by atoms with van der Waals surface area (Å²) in [5.41, 5.74) is 1.33. The number of hydrogen-bond donors (Lipinski definition) is 0. The van der Waals surface area contributed by atoms with Gasteiger partial charge in [0.25, 0.3) is 5.91 Å². The fourth-order valence-corrected chi connectivity index (χ4v) is 4.85. The topological polar surface area (TPSA) is 81.0 Å². The quantitative estimate of drug-likeness (QED) is 0.392. The molecule has 0 bridgehead atoms. The standard InChI is InChI=1S/C23H22ClN5O2S/c1-2-14-28-20(16-10-12-25-13-11-16)26-27-23(28)32-19-5-3-4-15-29(22(19)31)21(30)17-6-8-18(24)9-7-17/h2,6-13,19H,1,3-5,14-15H2. The van der Waals surface area contributed by atoms with E-state index in [4.69, 9.17) is 11.6 Å². The van der Waals surface area contributed by atoms with E-state index in [1.807, 2.05) is 16.7 Å². The largest absolute Gasteiger partial charge is 0.298 e. The number of halogens is 1. The summed E-state index contributed by atoms with van der Waals surface area (Å²) in [6.45, 7) is 4.74. The Morgan fingerprint density at radius 1 is 1.16 bits per heavy atom. The van der Waals surface area contributed by atoms with Crippen molar-refractivity contribution in [1.29, 1.82) is 0 Å². The van der Waals surface area contributed by atoms with Crippen molar-refractivity contribution in [1.82, 2.24) is 24.6 Å². The Bertz CT molecular complexity index is 1120. The summed E-state index contributed by atoms with van der Waals surface area (Å²) >= 11 is 7.28. The van der Waals surface area contributed by atoms with Crippen molar-refractivity contribution in [2.45, 2.75) is 36.2 Å². The Balaban J connectivity index is 1.59. The van der Waals surface area contributed by atoms with Crippen molar-refractivity contribution in [3.8, 4) is 11.4 Å². The van der Waals surface area contributed by atoms with Gasteiger partial charge in [0, 0.05) is 41.6 Å². The third kappa shape index (κ3) is 4.76. The average Bonchev–Trinajstić information content (AvgIpc) is 3.11. The molecular formula is C23H22ClN5O2S. The molecule has 0 N–H and O–H groups in total. The van der Waals surface area contributed by atoms with Gasteiger partial charge in [-0.1, -0.05) is 35.9 Å². The first kappa shape index (κ1) is 22.2. The predicted molar refractivity (Wildman–Crippen MR) is 124 cm³/mol. The molecule has 1 aliphatic heterocycles. The molecule has 32 heavy (non-hydrogen) atoms. The maximum Gasteiger partial charge on any atom is 0.260 e. The number of carbonyl (C=O) groups is 2. The molecule has 2 amide bonds. The molecule has 7 nitrogen and oxygen atoms in total. The van der Waals surface area contributed by atoms with Crippen LogP contribution in [0.15, 0.2) is 66.6 Å². The molecule has 1 saturated heterocycles. The van der Waals surface area contributed by atoms with Crippen LogP contribution in [0.5, 0.6) is 0 Å². The first-order valence-electron chi connectivity index (χ1n) is 10.3. The van der Waals surface area contributed by atoms with E-state index < -0.39 is 5.25 Å². The van der Waals surface area contributed by atoms with E-state index in [2.05, 4.69) is 21.8 Å². The molecule has 9 heteroatoms. The van der Waals surface area contributed by atoms with Crippen LogP contribution in [0.4, 0.5) is 0 Å². The lowest BCUT2D eigenvalue weighted by Gasteiger charge is -2.22. The Labute approximate surface area is 195 Å². The van der Waals surface area contributed by atoms with Crippen molar-refractivity contribution < 1.29 is 9.59 Å². The molecule has 1 atom stereocenters. The minimum atomic E-state index is -0.424. The number of imide groups is 1. The molecule has 3 aromatic rings. The highest BCUT2D eigenvalue weighted by atomic mass is 35.5. The highest BCUT2D eigenvalue weighted by molar-refractivity contribution is 8.00. The van der Waals surface area contributed by atoms with Gasteiger partial charge in [-0.25, -0.2) is 0 Å².